The quantitative estimate of drug-likeness (QED) is 0.249. The third kappa shape index (κ3) is 9.22. The monoisotopic (exact) mass is 613 g/mol. The van der Waals surface area contributed by atoms with E-state index in [-0.39, 0.29) is 42.8 Å². The van der Waals surface area contributed by atoms with Gasteiger partial charge >= 0.3 is 0 Å². The van der Waals surface area contributed by atoms with Gasteiger partial charge in [-0.2, -0.15) is 0 Å². The number of nitrogens with zero attached hydrogens (tertiary/aromatic N) is 2. The maximum atomic E-state index is 13.9. The van der Waals surface area contributed by atoms with E-state index in [9.17, 15) is 18.0 Å². The zero-order valence-corrected chi connectivity index (χ0v) is 26.2. The van der Waals surface area contributed by atoms with Crippen LogP contribution in [0.3, 0.4) is 0 Å². The van der Waals surface area contributed by atoms with E-state index in [0.29, 0.717) is 24.4 Å². The minimum absolute atomic E-state index is 0.0497. The Hall–Kier alpha value is -3.56. The number of rotatable bonds is 15. The molecule has 3 rings (SSSR count). The van der Waals surface area contributed by atoms with Crippen molar-refractivity contribution in [3.8, 4) is 5.75 Å². The summed E-state index contributed by atoms with van der Waals surface area (Å²) in [5.74, 6) is -0.0120. The Kier molecular flexibility index (Phi) is 12.2. The molecule has 0 aliphatic heterocycles. The molecule has 3 aromatic carbocycles. The number of ether oxygens (including phenoxy) is 1. The van der Waals surface area contributed by atoms with Gasteiger partial charge in [-0.25, -0.2) is 8.42 Å². The van der Waals surface area contributed by atoms with E-state index in [0.717, 1.165) is 29.4 Å². The van der Waals surface area contributed by atoms with Gasteiger partial charge in [0.2, 0.25) is 21.8 Å². The number of anilines is 1. The molecule has 0 spiro atoms. The van der Waals surface area contributed by atoms with E-state index in [1.807, 2.05) is 68.4 Å². The van der Waals surface area contributed by atoms with Crippen LogP contribution < -0.4 is 14.4 Å². The Balaban J connectivity index is 1.88. The van der Waals surface area contributed by atoms with E-state index < -0.39 is 16.1 Å². The molecule has 226 valence electrons. The number of methoxy groups -OCH3 is 1. The van der Waals surface area contributed by atoms with Gasteiger partial charge in [0.05, 0.1) is 24.1 Å². The summed E-state index contributed by atoms with van der Waals surface area (Å²) in [7, 11) is -2.18. The second-order valence-corrected chi connectivity index (χ2v) is 12.5. The maximum absolute atomic E-state index is 13.9. The molecule has 0 saturated heterocycles. The molecule has 0 fully saturated rings. The maximum Gasteiger partial charge on any atom is 0.243 e. The number of carbonyl (C=O) groups is 2. The number of hydrogen-bond donors (Lipinski definition) is 1. The normalized spacial score (nSPS) is 11.9. The van der Waals surface area contributed by atoms with Crippen molar-refractivity contribution in [3.05, 3.63) is 94.5 Å². The van der Waals surface area contributed by atoms with Crippen LogP contribution in [0.25, 0.3) is 0 Å². The van der Waals surface area contributed by atoms with Crippen LogP contribution in [-0.2, 0) is 32.6 Å². The first-order chi connectivity index (χ1) is 20.0. The number of amides is 2. The topological polar surface area (TPSA) is 96.0 Å². The molecule has 0 saturated carbocycles. The van der Waals surface area contributed by atoms with E-state index in [1.54, 1.807) is 17.0 Å². The van der Waals surface area contributed by atoms with Crippen molar-refractivity contribution in [1.82, 2.24) is 10.2 Å². The van der Waals surface area contributed by atoms with Crippen LogP contribution >= 0.6 is 11.6 Å². The van der Waals surface area contributed by atoms with Crippen molar-refractivity contribution >= 4 is 39.1 Å². The molecule has 0 aliphatic rings. The highest BCUT2D eigenvalue weighted by molar-refractivity contribution is 7.92. The lowest BCUT2D eigenvalue weighted by molar-refractivity contribution is -0.141. The highest BCUT2D eigenvalue weighted by Gasteiger charge is 2.30. The van der Waals surface area contributed by atoms with Gasteiger partial charge in [-0.3, -0.25) is 13.9 Å². The van der Waals surface area contributed by atoms with Crippen molar-refractivity contribution in [3.63, 3.8) is 0 Å². The molecule has 0 radical (unpaired) electrons. The summed E-state index contributed by atoms with van der Waals surface area (Å²) >= 11 is 6.26. The van der Waals surface area contributed by atoms with Gasteiger partial charge < -0.3 is 15.0 Å². The van der Waals surface area contributed by atoms with Crippen molar-refractivity contribution in [2.24, 2.45) is 0 Å². The van der Waals surface area contributed by atoms with Gasteiger partial charge in [-0.05, 0) is 54.7 Å². The molecule has 0 heterocycles. The first-order valence-corrected chi connectivity index (χ1v) is 16.2. The highest BCUT2D eigenvalue weighted by Crippen LogP contribution is 2.30. The van der Waals surface area contributed by atoms with Crippen LogP contribution in [-0.4, -0.2) is 57.6 Å². The van der Waals surface area contributed by atoms with E-state index in [2.05, 4.69) is 5.32 Å². The highest BCUT2D eigenvalue weighted by atomic mass is 35.5. The lowest BCUT2D eigenvalue weighted by Gasteiger charge is -2.32. The number of aryl methyl sites for hydroxylation is 1. The smallest absolute Gasteiger partial charge is 0.243 e. The molecule has 0 bridgehead atoms. The Labute approximate surface area is 254 Å². The Morgan fingerprint density at radius 3 is 2.33 bits per heavy atom. The molecule has 42 heavy (non-hydrogen) atoms. The first kappa shape index (κ1) is 32.9. The fourth-order valence-electron chi connectivity index (χ4n) is 4.71. The fourth-order valence-corrected chi connectivity index (χ4v) is 5.91. The summed E-state index contributed by atoms with van der Waals surface area (Å²) < 4.78 is 31.8. The van der Waals surface area contributed by atoms with Gasteiger partial charge in [0, 0.05) is 32.5 Å². The molecule has 3 aromatic rings. The molecular weight excluding hydrogens is 574 g/mol. The van der Waals surface area contributed by atoms with Gasteiger partial charge in [-0.15, -0.1) is 0 Å². The summed E-state index contributed by atoms with van der Waals surface area (Å²) in [6, 6.07) is 21.4. The van der Waals surface area contributed by atoms with Crippen LogP contribution in [0.1, 0.15) is 42.9 Å². The van der Waals surface area contributed by atoms with Crippen LogP contribution in [0.4, 0.5) is 5.69 Å². The molecule has 1 atom stereocenters. The standard InChI is InChI=1S/C32H40ClN3O5S/c1-5-19-34-32(38)29(21-25-13-7-6-8-14-25)35(23-26-15-10-9-12-24(26)2)31(37)16-11-20-36(42(4,39)40)27-17-18-30(41-3)28(33)22-27/h6-10,12-15,17-18,22,29H,5,11,16,19-21,23H2,1-4H3,(H,34,38)/t29-/m0/s1. The second-order valence-electron chi connectivity index (χ2n) is 10.2. The summed E-state index contributed by atoms with van der Waals surface area (Å²) in [6.07, 6.45) is 2.54. The van der Waals surface area contributed by atoms with Crippen LogP contribution in [0.15, 0.2) is 72.8 Å². The second kappa shape index (κ2) is 15.6. The fraction of sp³-hybridized carbons (Fsp3) is 0.375. The van der Waals surface area contributed by atoms with Crippen LogP contribution in [0.5, 0.6) is 5.75 Å². The Morgan fingerprint density at radius 1 is 1.02 bits per heavy atom. The van der Waals surface area contributed by atoms with Gasteiger partial charge in [0.1, 0.15) is 11.8 Å². The molecule has 8 nitrogen and oxygen atoms in total. The van der Waals surface area contributed by atoms with Gasteiger partial charge in [-0.1, -0.05) is 73.1 Å². The van der Waals surface area contributed by atoms with Crippen molar-refractivity contribution in [2.75, 3.05) is 30.8 Å². The third-order valence-corrected chi connectivity index (χ3v) is 8.49. The number of halogens is 1. The molecular formula is C32H40ClN3O5S. The Bertz CT molecular complexity index is 1450. The molecule has 1 N–H and O–H groups in total. The van der Waals surface area contributed by atoms with Gasteiger partial charge in [0.25, 0.3) is 0 Å². The van der Waals surface area contributed by atoms with E-state index in [4.69, 9.17) is 16.3 Å². The van der Waals surface area contributed by atoms with Crippen molar-refractivity contribution in [2.45, 2.75) is 52.1 Å². The van der Waals surface area contributed by atoms with E-state index in [1.165, 1.54) is 17.5 Å². The molecule has 0 aliphatic carbocycles. The zero-order chi connectivity index (χ0) is 30.7. The molecule has 10 heteroatoms. The number of sulfonamides is 1. The summed E-state index contributed by atoms with van der Waals surface area (Å²) in [4.78, 5) is 29.0. The van der Waals surface area contributed by atoms with Crippen LogP contribution in [0.2, 0.25) is 5.02 Å². The van der Waals surface area contributed by atoms with E-state index >= 15 is 0 Å². The lowest BCUT2D eigenvalue weighted by atomic mass is 10.0. The summed E-state index contributed by atoms with van der Waals surface area (Å²) in [5, 5.41) is 3.26. The third-order valence-electron chi connectivity index (χ3n) is 7.00. The summed E-state index contributed by atoms with van der Waals surface area (Å²) in [5.41, 5.74) is 3.28. The minimum atomic E-state index is -3.66. The first-order valence-electron chi connectivity index (χ1n) is 14.0. The number of hydrogen-bond acceptors (Lipinski definition) is 5. The molecule has 0 unspecified atom stereocenters. The van der Waals surface area contributed by atoms with Crippen molar-refractivity contribution in [1.29, 1.82) is 0 Å². The average Bonchev–Trinajstić information content (AvgIpc) is 2.96. The number of benzene rings is 3. The minimum Gasteiger partial charge on any atom is -0.495 e. The number of carbonyl (C=O) groups excluding carboxylic acids is 2. The Morgan fingerprint density at radius 2 is 1.71 bits per heavy atom. The largest absolute Gasteiger partial charge is 0.495 e. The summed E-state index contributed by atoms with van der Waals surface area (Å²) in [6.45, 7) is 4.78. The average molecular weight is 614 g/mol. The van der Waals surface area contributed by atoms with Crippen molar-refractivity contribution < 1.29 is 22.7 Å². The molecule has 2 amide bonds. The predicted molar refractivity (Wildman–Crippen MR) is 168 cm³/mol. The predicted octanol–water partition coefficient (Wildman–Crippen LogP) is 5.37. The number of nitrogens with one attached hydrogen (secondary N) is 1. The van der Waals surface area contributed by atoms with Crippen LogP contribution in [0, 0.1) is 6.92 Å². The SMILES string of the molecule is CCCNC(=O)[C@H](Cc1ccccc1)N(Cc1ccccc1C)C(=O)CCCN(c1ccc(OC)c(Cl)c1)S(C)(=O)=O. The lowest BCUT2D eigenvalue weighted by Crippen LogP contribution is -2.50. The van der Waals surface area contributed by atoms with Gasteiger partial charge in [0.15, 0.2) is 0 Å². The zero-order valence-electron chi connectivity index (χ0n) is 24.7. The molecule has 0 aromatic heterocycles.